The molecule has 20 heavy (non-hydrogen) atoms. The van der Waals surface area contributed by atoms with Gasteiger partial charge in [0.05, 0.1) is 13.2 Å². The maximum absolute atomic E-state index is 11.9. The number of carbonyl (C=O) groups excluding carboxylic acids is 1. The molecule has 1 amide bonds. The van der Waals surface area contributed by atoms with Crippen molar-refractivity contribution in [1.29, 1.82) is 0 Å². The zero-order chi connectivity index (χ0) is 14.8. The van der Waals surface area contributed by atoms with Gasteiger partial charge in [-0.3, -0.25) is 9.69 Å². The van der Waals surface area contributed by atoms with Gasteiger partial charge in [0.25, 0.3) is 0 Å². The fraction of sp³-hybridized carbons (Fsp3) is 0.533. The highest BCUT2D eigenvalue weighted by atomic mass is 16.5. The van der Waals surface area contributed by atoms with Gasteiger partial charge in [0.15, 0.2) is 0 Å². The van der Waals surface area contributed by atoms with E-state index in [1.165, 1.54) is 0 Å². The first-order valence-corrected chi connectivity index (χ1v) is 6.83. The van der Waals surface area contributed by atoms with Crippen LogP contribution in [0.5, 0.6) is 0 Å². The van der Waals surface area contributed by atoms with E-state index in [4.69, 9.17) is 16.2 Å². The Kier molecular flexibility index (Phi) is 4.13. The average Bonchev–Trinajstić information content (AvgIpc) is 2.41. The summed E-state index contributed by atoms with van der Waals surface area (Å²) in [6, 6.07) is 9.31. The molecule has 110 valence electrons. The Morgan fingerprint density at radius 2 is 2.05 bits per heavy atom. The highest BCUT2D eigenvalue weighted by molar-refractivity contribution is 5.86. The number of carbonyl (C=O) groups is 1. The van der Waals surface area contributed by atoms with Crippen LogP contribution in [0.1, 0.15) is 19.4 Å². The van der Waals surface area contributed by atoms with Crippen LogP contribution in [0, 0.1) is 0 Å². The van der Waals surface area contributed by atoms with E-state index in [0.29, 0.717) is 19.8 Å². The van der Waals surface area contributed by atoms with Gasteiger partial charge in [0.2, 0.25) is 5.91 Å². The van der Waals surface area contributed by atoms with E-state index < -0.39 is 11.4 Å². The van der Waals surface area contributed by atoms with Gasteiger partial charge in [-0.05, 0) is 19.4 Å². The molecular weight excluding hydrogens is 254 g/mol. The van der Waals surface area contributed by atoms with E-state index >= 15 is 0 Å². The molecule has 0 spiro atoms. The highest BCUT2D eigenvalue weighted by Crippen LogP contribution is 2.26. The Labute approximate surface area is 119 Å². The molecule has 1 fully saturated rings. The second kappa shape index (κ2) is 5.52. The largest absolute Gasteiger partial charge is 0.378 e. The molecule has 1 unspecified atom stereocenters. The lowest BCUT2D eigenvalue weighted by atomic mass is 9.87. The molecule has 0 radical (unpaired) electrons. The van der Waals surface area contributed by atoms with Gasteiger partial charge in [-0.15, -0.1) is 0 Å². The first kappa shape index (κ1) is 15.0. The number of nitrogens with two attached hydrogens (primary N) is 2. The van der Waals surface area contributed by atoms with Crippen molar-refractivity contribution in [2.45, 2.75) is 24.9 Å². The second-order valence-corrected chi connectivity index (χ2v) is 5.99. The van der Waals surface area contributed by atoms with Crippen LogP contribution in [0.3, 0.4) is 0 Å². The summed E-state index contributed by atoms with van der Waals surface area (Å²) in [5, 5.41) is 0. The molecule has 5 nitrogen and oxygen atoms in total. The molecule has 1 aliphatic rings. The third-order valence-corrected chi connectivity index (χ3v) is 3.99. The molecule has 0 saturated carbocycles. The molecule has 0 aromatic heterocycles. The Hall–Kier alpha value is -1.43. The van der Waals surface area contributed by atoms with E-state index in [1.54, 1.807) is 0 Å². The number of morpholine rings is 1. The predicted molar refractivity (Wildman–Crippen MR) is 78.0 cm³/mol. The molecule has 1 atom stereocenters. The quantitative estimate of drug-likeness (QED) is 0.836. The number of primary amides is 1. The molecule has 1 aromatic rings. The van der Waals surface area contributed by atoms with Gasteiger partial charge in [-0.2, -0.15) is 0 Å². The maximum atomic E-state index is 11.9. The molecule has 0 aliphatic carbocycles. The smallest absolute Gasteiger partial charge is 0.243 e. The van der Waals surface area contributed by atoms with Crippen molar-refractivity contribution < 1.29 is 9.53 Å². The minimum atomic E-state index is -1.18. The zero-order valence-corrected chi connectivity index (χ0v) is 12.1. The van der Waals surface area contributed by atoms with Gasteiger partial charge < -0.3 is 16.2 Å². The zero-order valence-electron chi connectivity index (χ0n) is 12.1. The van der Waals surface area contributed by atoms with Crippen LogP contribution in [0.2, 0.25) is 0 Å². The lowest BCUT2D eigenvalue weighted by Gasteiger charge is -2.45. The van der Waals surface area contributed by atoms with E-state index in [0.717, 1.165) is 12.1 Å². The van der Waals surface area contributed by atoms with Gasteiger partial charge in [0, 0.05) is 18.6 Å². The molecule has 1 heterocycles. The van der Waals surface area contributed by atoms with Crippen LogP contribution >= 0.6 is 0 Å². The predicted octanol–water partition coefficient (Wildman–Crippen LogP) is 0.437. The molecule has 1 saturated heterocycles. The van der Waals surface area contributed by atoms with Crippen LogP contribution in [0.25, 0.3) is 0 Å². The van der Waals surface area contributed by atoms with Crippen LogP contribution in [0.15, 0.2) is 30.3 Å². The summed E-state index contributed by atoms with van der Waals surface area (Å²) in [6.07, 6.45) is 0. The molecule has 2 rings (SSSR count). The van der Waals surface area contributed by atoms with Gasteiger partial charge in [0.1, 0.15) is 5.54 Å². The second-order valence-electron chi connectivity index (χ2n) is 5.99. The summed E-state index contributed by atoms with van der Waals surface area (Å²) in [5.74, 6) is -0.508. The van der Waals surface area contributed by atoms with E-state index in [9.17, 15) is 4.79 Å². The number of nitrogens with zero attached hydrogens (tertiary/aromatic N) is 1. The lowest BCUT2D eigenvalue weighted by molar-refractivity contribution is -0.126. The van der Waals surface area contributed by atoms with Crippen molar-refractivity contribution in [2.24, 2.45) is 11.5 Å². The van der Waals surface area contributed by atoms with Crippen LogP contribution in [0.4, 0.5) is 0 Å². The number of rotatable bonds is 4. The van der Waals surface area contributed by atoms with Crippen molar-refractivity contribution in [3.63, 3.8) is 0 Å². The number of benzene rings is 1. The molecular formula is C15H23N3O2. The van der Waals surface area contributed by atoms with E-state index in [2.05, 4.69) is 18.7 Å². The van der Waals surface area contributed by atoms with Crippen molar-refractivity contribution in [3.05, 3.63) is 35.9 Å². The van der Waals surface area contributed by atoms with Crippen molar-refractivity contribution in [3.8, 4) is 0 Å². The number of hydrogen-bond acceptors (Lipinski definition) is 4. The molecule has 1 aliphatic heterocycles. The summed E-state index contributed by atoms with van der Waals surface area (Å²) >= 11 is 0. The van der Waals surface area contributed by atoms with Crippen molar-refractivity contribution in [1.82, 2.24) is 4.90 Å². The monoisotopic (exact) mass is 277 g/mol. The maximum Gasteiger partial charge on any atom is 0.243 e. The summed E-state index contributed by atoms with van der Waals surface area (Å²) in [7, 11) is 0. The highest BCUT2D eigenvalue weighted by Gasteiger charge is 2.41. The fourth-order valence-corrected chi connectivity index (χ4v) is 2.53. The number of ether oxygens (including phenoxy) is 1. The fourth-order valence-electron chi connectivity index (χ4n) is 2.53. The minimum Gasteiger partial charge on any atom is -0.378 e. The van der Waals surface area contributed by atoms with Crippen LogP contribution in [-0.2, 0) is 15.1 Å². The summed E-state index contributed by atoms with van der Waals surface area (Å²) in [4.78, 5) is 14.1. The first-order chi connectivity index (χ1) is 9.36. The Balaban J connectivity index is 2.28. The Morgan fingerprint density at radius 3 is 2.60 bits per heavy atom. The van der Waals surface area contributed by atoms with Gasteiger partial charge in [-0.1, -0.05) is 30.3 Å². The number of amides is 1. The first-order valence-electron chi connectivity index (χ1n) is 6.83. The Bertz CT molecular complexity index is 475. The summed E-state index contributed by atoms with van der Waals surface area (Å²) < 4.78 is 5.50. The summed E-state index contributed by atoms with van der Waals surface area (Å²) in [5.41, 5.74) is 11.3. The topological polar surface area (TPSA) is 81.6 Å². The van der Waals surface area contributed by atoms with Gasteiger partial charge >= 0.3 is 0 Å². The minimum absolute atomic E-state index is 0.160. The SMILES string of the molecule is CC1(C)COCCN1CC(N)(C(N)=O)c1ccccc1. The third kappa shape index (κ3) is 2.85. The van der Waals surface area contributed by atoms with Crippen molar-refractivity contribution in [2.75, 3.05) is 26.3 Å². The van der Waals surface area contributed by atoms with Crippen LogP contribution < -0.4 is 11.5 Å². The molecule has 0 bridgehead atoms. The van der Waals surface area contributed by atoms with Crippen molar-refractivity contribution >= 4 is 5.91 Å². The molecule has 1 aromatic carbocycles. The van der Waals surface area contributed by atoms with E-state index in [1.807, 2.05) is 30.3 Å². The molecule has 4 N–H and O–H groups in total. The van der Waals surface area contributed by atoms with Gasteiger partial charge in [-0.25, -0.2) is 0 Å². The average molecular weight is 277 g/mol. The lowest BCUT2D eigenvalue weighted by Crippen LogP contribution is -2.62. The molecule has 5 heteroatoms. The third-order valence-electron chi connectivity index (χ3n) is 3.99. The summed E-state index contributed by atoms with van der Waals surface area (Å²) in [6.45, 7) is 6.57. The normalized spacial score (nSPS) is 22.1. The standard InChI is InChI=1S/C15H23N3O2/c1-14(2)11-20-9-8-18(14)10-15(17,13(16)19)12-6-4-3-5-7-12/h3-7H,8-11,17H2,1-2H3,(H2,16,19). The number of hydrogen-bond donors (Lipinski definition) is 2. The Morgan fingerprint density at radius 1 is 1.40 bits per heavy atom. The van der Waals surface area contributed by atoms with Crippen LogP contribution in [-0.4, -0.2) is 42.6 Å². The van der Waals surface area contributed by atoms with E-state index in [-0.39, 0.29) is 5.54 Å².